The lowest BCUT2D eigenvalue weighted by Crippen LogP contribution is -2.29. The summed E-state index contributed by atoms with van der Waals surface area (Å²) in [6, 6.07) is 22.3. The average molecular weight is 453 g/mol. The summed E-state index contributed by atoms with van der Waals surface area (Å²) in [6.07, 6.45) is 1.61. The number of para-hydroxylation sites is 1. The minimum atomic E-state index is -0.397. The zero-order valence-corrected chi connectivity index (χ0v) is 18.8. The van der Waals surface area contributed by atoms with Crippen molar-refractivity contribution in [3.05, 3.63) is 102 Å². The number of hydrogen-bond acceptors (Lipinski definition) is 5. The van der Waals surface area contributed by atoms with E-state index in [0.717, 1.165) is 27.7 Å². The molecule has 0 bridgehead atoms. The summed E-state index contributed by atoms with van der Waals surface area (Å²) in [7, 11) is 1.35. The van der Waals surface area contributed by atoms with E-state index in [0.29, 0.717) is 23.4 Å². The molecule has 0 spiro atoms. The summed E-state index contributed by atoms with van der Waals surface area (Å²) in [6.45, 7) is 2.33. The number of pyridine rings is 1. The number of carbonyl (C=O) groups is 2. The normalized spacial score (nSPS) is 12.1. The molecule has 3 aromatic heterocycles. The molecule has 5 aromatic rings. The van der Waals surface area contributed by atoms with E-state index in [9.17, 15) is 9.59 Å². The maximum Gasteiger partial charge on any atom is 0.337 e. The van der Waals surface area contributed by atoms with E-state index < -0.39 is 5.97 Å². The molecule has 0 unspecified atom stereocenters. The van der Waals surface area contributed by atoms with E-state index in [1.807, 2.05) is 54.0 Å². The van der Waals surface area contributed by atoms with Crippen LogP contribution in [-0.4, -0.2) is 28.5 Å². The van der Waals surface area contributed by atoms with Crippen LogP contribution < -0.4 is 5.32 Å². The van der Waals surface area contributed by atoms with Gasteiger partial charge >= 0.3 is 5.97 Å². The molecular formula is C27H23N3O4. The fraction of sp³-hybridized carbons (Fsp3) is 0.148. The highest BCUT2D eigenvalue weighted by molar-refractivity contribution is 5.98. The number of nitrogens with one attached hydrogen (secondary N) is 1. The van der Waals surface area contributed by atoms with Gasteiger partial charge in [0.1, 0.15) is 5.69 Å². The van der Waals surface area contributed by atoms with Crippen LogP contribution in [0.25, 0.3) is 22.0 Å². The van der Waals surface area contributed by atoms with Gasteiger partial charge in [-0.25, -0.2) is 4.79 Å². The van der Waals surface area contributed by atoms with Gasteiger partial charge in [-0.2, -0.15) is 0 Å². The van der Waals surface area contributed by atoms with Crippen LogP contribution in [0.5, 0.6) is 0 Å². The Labute approximate surface area is 196 Å². The van der Waals surface area contributed by atoms with Crippen molar-refractivity contribution in [3.8, 4) is 0 Å². The molecule has 5 rings (SSSR count). The first-order valence-electron chi connectivity index (χ1n) is 10.9. The molecule has 0 fully saturated rings. The molecule has 0 radical (unpaired) electrons. The van der Waals surface area contributed by atoms with Crippen LogP contribution in [0.1, 0.15) is 45.1 Å². The maximum atomic E-state index is 13.3. The summed E-state index contributed by atoms with van der Waals surface area (Å²) in [5.41, 5.74) is 5.04. The quantitative estimate of drug-likeness (QED) is 0.361. The molecule has 1 atom stereocenters. The van der Waals surface area contributed by atoms with Crippen LogP contribution in [-0.2, 0) is 11.3 Å². The number of carbonyl (C=O) groups excluding carboxylic acids is 2. The van der Waals surface area contributed by atoms with Gasteiger partial charge in [0, 0.05) is 17.5 Å². The third-order valence-corrected chi connectivity index (χ3v) is 5.91. The summed E-state index contributed by atoms with van der Waals surface area (Å²) in [5.74, 6) is -0.623. The van der Waals surface area contributed by atoms with Crippen LogP contribution in [0.4, 0.5) is 0 Å². The average Bonchev–Trinajstić information content (AvgIpc) is 3.46. The molecule has 3 heterocycles. The zero-order chi connectivity index (χ0) is 23.7. The van der Waals surface area contributed by atoms with Gasteiger partial charge < -0.3 is 19.0 Å². The number of furan rings is 1. The molecule has 2 aromatic carbocycles. The highest BCUT2D eigenvalue weighted by atomic mass is 16.5. The van der Waals surface area contributed by atoms with E-state index in [2.05, 4.69) is 5.32 Å². The lowest BCUT2D eigenvalue weighted by atomic mass is 10.1. The number of benzene rings is 2. The second-order valence-corrected chi connectivity index (χ2v) is 8.09. The Morgan fingerprint density at radius 2 is 1.85 bits per heavy atom. The number of esters is 1. The van der Waals surface area contributed by atoms with Crippen LogP contribution in [0.3, 0.4) is 0 Å². The van der Waals surface area contributed by atoms with E-state index in [1.165, 1.54) is 7.11 Å². The molecule has 170 valence electrons. The van der Waals surface area contributed by atoms with Crippen molar-refractivity contribution in [1.29, 1.82) is 0 Å². The molecular weight excluding hydrogens is 430 g/mol. The number of rotatable bonds is 6. The molecule has 0 saturated carbocycles. The molecule has 34 heavy (non-hydrogen) atoms. The Morgan fingerprint density at radius 1 is 1.06 bits per heavy atom. The third-order valence-electron chi connectivity index (χ3n) is 5.91. The molecule has 0 saturated heterocycles. The standard InChI is InChI=1S/C27H23N3O4/c1-17(18-7-9-20(10-8-18)27(32)33-2)28-26(31)24-15-25-23(13-14-34-25)30(24)16-21-12-11-19-5-3-4-6-22(19)29-21/h3-15,17H,16H2,1-2H3,(H,28,31)/t17-/m0/s1. The molecule has 0 aliphatic carbocycles. The Bertz CT molecular complexity index is 1500. The zero-order valence-electron chi connectivity index (χ0n) is 18.8. The number of aromatic nitrogens is 2. The van der Waals surface area contributed by atoms with Gasteiger partial charge in [0.2, 0.25) is 0 Å². The molecule has 0 aliphatic heterocycles. The van der Waals surface area contributed by atoms with Crippen molar-refractivity contribution in [2.24, 2.45) is 0 Å². The first kappa shape index (κ1) is 21.5. The minimum absolute atomic E-state index is 0.225. The second kappa shape index (κ2) is 8.86. The van der Waals surface area contributed by atoms with E-state index in [-0.39, 0.29) is 11.9 Å². The van der Waals surface area contributed by atoms with E-state index in [1.54, 1.807) is 36.6 Å². The highest BCUT2D eigenvalue weighted by Crippen LogP contribution is 2.24. The SMILES string of the molecule is COC(=O)c1ccc([C@H](C)NC(=O)c2cc3occc3n2Cc2ccc3ccccc3n2)cc1. The fourth-order valence-corrected chi connectivity index (χ4v) is 4.07. The molecule has 0 aliphatic rings. The smallest absolute Gasteiger partial charge is 0.337 e. The predicted molar refractivity (Wildman–Crippen MR) is 129 cm³/mol. The number of amides is 1. The largest absolute Gasteiger partial charge is 0.465 e. The first-order valence-corrected chi connectivity index (χ1v) is 10.9. The highest BCUT2D eigenvalue weighted by Gasteiger charge is 2.20. The summed E-state index contributed by atoms with van der Waals surface area (Å²) < 4.78 is 12.2. The number of ether oxygens (including phenoxy) is 1. The Balaban J connectivity index is 1.41. The number of methoxy groups -OCH3 is 1. The molecule has 7 heteroatoms. The lowest BCUT2D eigenvalue weighted by Gasteiger charge is -2.16. The predicted octanol–water partition coefficient (Wildman–Crippen LogP) is 5.11. The van der Waals surface area contributed by atoms with Crippen LogP contribution in [0.15, 0.2) is 83.5 Å². The van der Waals surface area contributed by atoms with Crippen molar-refractivity contribution in [2.45, 2.75) is 19.5 Å². The van der Waals surface area contributed by atoms with Gasteiger partial charge in [-0.05, 0) is 36.8 Å². The van der Waals surface area contributed by atoms with Crippen molar-refractivity contribution in [2.75, 3.05) is 7.11 Å². The van der Waals surface area contributed by atoms with Gasteiger partial charge in [0.15, 0.2) is 5.58 Å². The molecule has 1 amide bonds. The molecule has 7 nitrogen and oxygen atoms in total. The number of hydrogen-bond donors (Lipinski definition) is 1. The summed E-state index contributed by atoms with van der Waals surface area (Å²) in [5, 5.41) is 4.11. The topological polar surface area (TPSA) is 86.4 Å². The van der Waals surface area contributed by atoms with Gasteiger partial charge in [0.25, 0.3) is 5.91 Å². The van der Waals surface area contributed by atoms with Gasteiger partial charge in [-0.15, -0.1) is 0 Å². The van der Waals surface area contributed by atoms with E-state index >= 15 is 0 Å². The Morgan fingerprint density at radius 3 is 2.65 bits per heavy atom. The first-order chi connectivity index (χ1) is 16.5. The van der Waals surface area contributed by atoms with E-state index in [4.69, 9.17) is 14.1 Å². The van der Waals surface area contributed by atoms with Crippen LogP contribution in [0, 0.1) is 0 Å². The Hall–Kier alpha value is -4.39. The molecule has 1 N–H and O–H groups in total. The van der Waals surface area contributed by atoms with Gasteiger partial charge in [-0.3, -0.25) is 9.78 Å². The van der Waals surface area contributed by atoms with Crippen molar-refractivity contribution >= 4 is 33.9 Å². The Kier molecular flexibility index (Phi) is 5.59. The van der Waals surface area contributed by atoms with Gasteiger partial charge in [0.05, 0.1) is 48.3 Å². The van der Waals surface area contributed by atoms with Gasteiger partial charge in [-0.1, -0.05) is 36.4 Å². The van der Waals surface area contributed by atoms with Crippen LogP contribution >= 0.6 is 0 Å². The number of fused-ring (bicyclic) bond motifs is 2. The van der Waals surface area contributed by atoms with Crippen molar-refractivity contribution in [3.63, 3.8) is 0 Å². The monoisotopic (exact) mass is 453 g/mol. The third kappa shape index (κ3) is 4.03. The fourth-order valence-electron chi connectivity index (χ4n) is 4.07. The second-order valence-electron chi connectivity index (χ2n) is 8.09. The minimum Gasteiger partial charge on any atom is -0.465 e. The lowest BCUT2D eigenvalue weighted by molar-refractivity contribution is 0.0600. The summed E-state index contributed by atoms with van der Waals surface area (Å²) >= 11 is 0. The number of nitrogens with zero attached hydrogens (tertiary/aromatic N) is 2. The summed E-state index contributed by atoms with van der Waals surface area (Å²) in [4.78, 5) is 29.7. The van der Waals surface area contributed by atoms with Crippen LogP contribution in [0.2, 0.25) is 0 Å². The van der Waals surface area contributed by atoms with Crippen molar-refractivity contribution in [1.82, 2.24) is 14.9 Å². The maximum absolute atomic E-state index is 13.3. The van der Waals surface area contributed by atoms with Crippen molar-refractivity contribution < 1.29 is 18.7 Å².